The Kier molecular flexibility index (Phi) is 4.54. The largest absolute Gasteiger partial charge is 0.351 e. The van der Waals surface area contributed by atoms with Crippen LogP contribution < -0.4 is 10.6 Å². The van der Waals surface area contributed by atoms with Crippen LogP contribution >= 0.6 is 11.6 Å². The van der Waals surface area contributed by atoms with Gasteiger partial charge in [0.25, 0.3) is 0 Å². The summed E-state index contributed by atoms with van der Waals surface area (Å²) < 4.78 is 0. The molecule has 0 saturated heterocycles. The third-order valence-corrected chi connectivity index (χ3v) is 5.12. The Labute approximate surface area is 161 Å². The molecule has 1 aromatic heterocycles. The number of amides is 2. The van der Waals surface area contributed by atoms with Gasteiger partial charge in [-0.15, -0.1) is 0 Å². The number of hydrogen-bond donors (Lipinski definition) is 2. The van der Waals surface area contributed by atoms with Crippen LogP contribution in [0, 0.1) is 5.41 Å². The lowest BCUT2D eigenvalue weighted by atomic mass is 10.0. The van der Waals surface area contributed by atoms with Gasteiger partial charge in [-0.2, -0.15) is 0 Å². The molecule has 1 saturated carbocycles. The zero-order valence-electron chi connectivity index (χ0n) is 14.5. The van der Waals surface area contributed by atoms with E-state index in [1.54, 1.807) is 24.4 Å². The molecular weight excluding hydrogens is 362 g/mol. The Morgan fingerprint density at radius 3 is 2.48 bits per heavy atom. The predicted octanol–water partition coefficient (Wildman–Crippen LogP) is 3.92. The monoisotopic (exact) mass is 379 g/mol. The van der Waals surface area contributed by atoms with Crippen LogP contribution in [-0.2, 0) is 16.1 Å². The molecule has 3 aromatic rings. The van der Waals surface area contributed by atoms with Crippen molar-refractivity contribution in [1.29, 1.82) is 0 Å². The first-order valence-corrected chi connectivity index (χ1v) is 9.14. The SMILES string of the molecule is O=C(NCc1ccc(Cl)cc1)C1(C(=O)Nc2cccc3cccnc23)CC1. The van der Waals surface area contributed by atoms with Crippen molar-refractivity contribution in [2.45, 2.75) is 19.4 Å². The van der Waals surface area contributed by atoms with Crippen LogP contribution in [0.5, 0.6) is 0 Å². The van der Waals surface area contributed by atoms with Crippen molar-refractivity contribution in [3.05, 3.63) is 71.4 Å². The topological polar surface area (TPSA) is 71.1 Å². The van der Waals surface area contributed by atoms with E-state index in [1.165, 1.54) is 0 Å². The number of anilines is 1. The second-order valence-corrected chi connectivity index (χ2v) is 7.16. The number of nitrogens with one attached hydrogen (secondary N) is 2. The molecule has 2 amide bonds. The van der Waals surface area contributed by atoms with E-state index in [-0.39, 0.29) is 11.8 Å². The number of para-hydroxylation sites is 1. The Morgan fingerprint density at radius 2 is 1.74 bits per heavy atom. The van der Waals surface area contributed by atoms with Gasteiger partial charge in [0.1, 0.15) is 5.41 Å². The fourth-order valence-corrected chi connectivity index (χ4v) is 3.21. The highest BCUT2D eigenvalue weighted by atomic mass is 35.5. The van der Waals surface area contributed by atoms with E-state index in [1.807, 2.05) is 36.4 Å². The molecular formula is C21H18ClN3O2. The van der Waals surface area contributed by atoms with Crippen molar-refractivity contribution >= 4 is 40.0 Å². The summed E-state index contributed by atoms with van der Waals surface area (Å²) in [4.78, 5) is 29.8. The highest BCUT2D eigenvalue weighted by Crippen LogP contribution is 2.47. The molecule has 0 unspecified atom stereocenters. The Bertz CT molecular complexity index is 1010. The maximum absolute atomic E-state index is 12.8. The molecule has 4 rings (SSSR count). The first-order chi connectivity index (χ1) is 13.1. The summed E-state index contributed by atoms with van der Waals surface area (Å²) in [5, 5.41) is 7.34. The summed E-state index contributed by atoms with van der Waals surface area (Å²) in [5.74, 6) is -0.530. The number of pyridine rings is 1. The molecule has 0 radical (unpaired) electrons. The summed E-state index contributed by atoms with van der Waals surface area (Å²) in [5.41, 5.74) is 1.27. The first-order valence-electron chi connectivity index (χ1n) is 8.76. The van der Waals surface area contributed by atoms with Gasteiger partial charge in [-0.3, -0.25) is 14.6 Å². The molecule has 0 aliphatic heterocycles. The lowest BCUT2D eigenvalue weighted by molar-refractivity contribution is -0.134. The lowest BCUT2D eigenvalue weighted by Gasteiger charge is -2.16. The molecule has 27 heavy (non-hydrogen) atoms. The second kappa shape index (κ2) is 7.00. The average molecular weight is 380 g/mol. The fraction of sp³-hybridized carbons (Fsp3) is 0.190. The van der Waals surface area contributed by atoms with Crippen molar-refractivity contribution in [2.24, 2.45) is 5.41 Å². The van der Waals surface area contributed by atoms with Gasteiger partial charge in [0.2, 0.25) is 11.8 Å². The Morgan fingerprint density at radius 1 is 1.00 bits per heavy atom. The number of halogens is 1. The molecule has 1 heterocycles. The number of carbonyl (C=O) groups excluding carboxylic acids is 2. The maximum atomic E-state index is 12.8. The van der Waals surface area contributed by atoms with Crippen LogP contribution in [-0.4, -0.2) is 16.8 Å². The van der Waals surface area contributed by atoms with E-state index in [0.29, 0.717) is 35.6 Å². The third-order valence-electron chi connectivity index (χ3n) is 4.87. The van der Waals surface area contributed by atoms with Gasteiger partial charge in [0, 0.05) is 23.2 Å². The normalized spacial score (nSPS) is 14.6. The van der Waals surface area contributed by atoms with E-state index < -0.39 is 5.41 Å². The fourth-order valence-electron chi connectivity index (χ4n) is 3.08. The number of aromatic nitrogens is 1. The van der Waals surface area contributed by atoms with Gasteiger partial charge in [0.05, 0.1) is 11.2 Å². The Balaban J connectivity index is 1.46. The molecule has 0 atom stereocenters. The zero-order chi connectivity index (χ0) is 18.9. The van der Waals surface area contributed by atoms with Crippen LogP contribution in [0.3, 0.4) is 0 Å². The van der Waals surface area contributed by atoms with Crippen LogP contribution in [0.4, 0.5) is 5.69 Å². The molecule has 2 N–H and O–H groups in total. The third kappa shape index (κ3) is 3.51. The number of nitrogens with zero attached hydrogens (tertiary/aromatic N) is 1. The standard InChI is InChI=1S/C21H18ClN3O2/c22-16-8-6-14(7-9-16)13-24-19(26)21(10-11-21)20(27)25-17-5-1-3-15-4-2-12-23-18(15)17/h1-9,12H,10-11,13H2,(H,24,26)(H,25,27). The van der Waals surface area contributed by atoms with E-state index in [2.05, 4.69) is 15.6 Å². The quantitative estimate of drug-likeness (QED) is 0.660. The second-order valence-electron chi connectivity index (χ2n) is 6.73. The van der Waals surface area contributed by atoms with Crippen molar-refractivity contribution < 1.29 is 9.59 Å². The van der Waals surface area contributed by atoms with Gasteiger partial charge in [-0.05, 0) is 42.7 Å². The minimum Gasteiger partial charge on any atom is -0.351 e. The number of benzene rings is 2. The molecule has 0 bridgehead atoms. The molecule has 0 spiro atoms. The van der Waals surface area contributed by atoms with Crippen molar-refractivity contribution in [1.82, 2.24) is 10.3 Å². The maximum Gasteiger partial charge on any atom is 0.240 e. The zero-order valence-corrected chi connectivity index (χ0v) is 15.3. The van der Waals surface area contributed by atoms with Crippen LogP contribution in [0.1, 0.15) is 18.4 Å². The molecule has 5 nitrogen and oxygen atoms in total. The molecule has 2 aromatic carbocycles. The molecule has 6 heteroatoms. The van der Waals surface area contributed by atoms with E-state index in [9.17, 15) is 9.59 Å². The molecule has 1 fully saturated rings. The summed E-state index contributed by atoms with van der Waals surface area (Å²) in [6.45, 7) is 0.362. The van der Waals surface area contributed by atoms with Gasteiger partial charge in [0.15, 0.2) is 0 Å². The van der Waals surface area contributed by atoms with Gasteiger partial charge < -0.3 is 10.6 Å². The smallest absolute Gasteiger partial charge is 0.240 e. The van der Waals surface area contributed by atoms with Crippen LogP contribution in [0.2, 0.25) is 5.02 Å². The van der Waals surface area contributed by atoms with E-state index >= 15 is 0 Å². The predicted molar refractivity (Wildman–Crippen MR) is 105 cm³/mol. The average Bonchev–Trinajstić information content (AvgIpc) is 3.50. The number of fused-ring (bicyclic) bond motifs is 1. The van der Waals surface area contributed by atoms with E-state index in [0.717, 1.165) is 10.9 Å². The highest BCUT2D eigenvalue weighted by Gasteiger charge is 2.56. The number of rotatable bonds is 5. The van der Waals surface area contributed by atoms with Gasteiger partial charge >= 0.3 is 0 Å². The summed E-state index contributed by atoms with van der Waals surface area (Å²) in [6.07, 6.45) is 2.77. The number of carbonyl (C=O) groups is 2. The summed E-state index contributed by atoms with van der Waals surface area (Å²) in [7, 11) is 0. The molecule has 1 aliphatic rings. The Hall–Kier alpha value is -2.92. The van der Waals surface area contributed by atoms with Crippen LogP contribution in [0.15, 0.2) is 60.8 Å². The van der Waals surface area contributed by atoms with Crippen LogP contribution in [0.25, 0.3) is 10.9 Å². The lowest BCUT2D eigenvalue weighted by Crippen LogP contribution is -2.39. The van der Waals surface area contributed by atoms with Crippen molar-refractivity contribution in [3.8, 4) is 0 Å². The number of hydrogen-bond acceptors (Lipinski definition) is 3. The van der Waals surface area contributed by atoms with Crippen molar-refractivity contribution in [2.75, 3.05) is 5.32 Å². The minimum absolute atomic E-state index is 0.247. The minimum atomic E-state index is -0.997. The molecule has 136 valence electrons. The summed E-state index contributed by atoms with van der Waals surface area (Å²) in [6, 6.07) is 16.6. The van der Waals surface area contributed by atoms with Gasteiger partial charge in [-0.1, -0.05) is 41.9 Å². The highest BCUT2D eigenvalue weighted by molar-refractivity contribution is 6.30. The van der Waals surface area contributed by atoms with Crippen molar-refractivity contribution in [3.63, 3.8) is 0 Å². The summed E-state index contributed by atoms with van der Waals surface area (Å²) >= 11 is 5.87. The first kappa shape index (κ1) is 17.5. The molecule has 1 aliphatic carbocycles. The van der Waals surface area contributed by atoms with Gasteiger partial charge in [-0.25, -0.2) is 0 Å². The van der Waals surface area contributed by atoms with E-state index in [4.69, 9.17) is 11.6 Å².